The molecule has 1 heterocycles. The second-order valence-corrected chi connectivity index (χ2v) is 5.66. The van der Waals surface area contributed by atoms with Gasteiger partial charge in [0.2, 0.25) is 12.5 Å². The van der Waals surface area contributed by atoms with Gasteiger partial charge >= 0.3 is 6.18 Å². The van der Waals surface area contributed by atoms with E-state index in [2.05, 4.69) is 5.32 Å². The molecular weight excluding hydrogens is 377 g/mol. The van der Waals surface area contributed by atoms with Gasteiger partial charge in [-0.15, -0.1) is 0 Å². The summed E-state index contributed by atoms with van der Waals surface area (Å²) in [5, 5.41) is 11.6. The van der Waals surface area contributed by atoms with E-state index in [1.807, 2.05) is 0 Å². The van der Waals surface area contributed by atoms with E-state index in [1.54, 1.807) is 18.2 Å². The van der Waals surface area contributed by atoms with Crippen LogP contribution in [0, 0.1) is 11.3 Å². The smallest absolute Gasteiger partial charge is 0.416 e. The van der Waals surface area contributed by atoms with Gasteiger partial charge in [-0.1, -0.05) is 6.07 Å². The third-order valence-corrected chi connectivity index (χ3v) is 3.80. The summed E-state index contributed by atoms with van der Waals surface area (Å²) in [7, 11) is 1.43. The largest absolute Gasteiger partial charge is 0.493 e. The number of carbonyl (C=O) groups is 1. The maximum Gasteiger partial charge on any atom is 0.416 e. The van der Waals surface area contributed by atoms with Crippen LogP contribution in [0.4, 0.5) is 18.9 Å². The minimum atomic E-state index is -4.54. The molecule has 1 aliphatic heterocycles. The van der Waals surface area contributed by atoms with Crippen LogP contribution < -0.4 is 19.5 Å². The number of anilines is 1. The molecule has 0 bridgehead atoms. The maximum atomic E-state index is 12.8. The number of alkyl halides is 3. The average Bonchev–Trinajstić information content (AvgIpc) is 3.13. The molecule has 0 saturated heterocycles. The second-order valence-electron chi connectivity index (χ2n) is 5.66. The molecule has 0 unspecified atom stereocenters. The van der Waals surface area contributed by atoms with Gasteiger partial charge in [-0.3, -0.25) is 4.79 Å². The zero-order valence-electron chi connectivity index (χ0n) is 14.5. The number of nitrogens with zero attached hydrogens (tertiary/aromatic N) is 1. The highest BCUT2D eigenvalue weighted by Gasteiger charge is 2.30. The molecule has 28 heavy (non-hydrogen) atoms. The average molecular weight is 390 g/mol. The van der Waals surface area contributed by atoms with Crippen molar-refractivity contribution in [3.05, 3.63) is 53.1 Å². The van der Waals surface area contributed by atoms with Crippen LogP contribution >= 0.6 is 0 Å². The number of ether oxygens (including phenoxy) is 3. The lowest BCUT2D eigenvalue weighted by Gasteiger charge is -2.10. The van der Waals surface area contributed by atoms with Gasteiger partial charge in [-0.25, -0.2) is 0 Å². The Balaban J connectivity index is 1.86. The Kier molecular flexibility index (Phi) is 5.13. The van der Waals surface area contributed by atoms with Gasteiger partial charge in [-0.05, 0) is 42.0 Å². The van der Waals surface area contributed by atoms with Crippen LogP contribution in [0.1, 0.15) is 11.1 Å². The van der Waals surface area contributed by atoms with Crippen molar-refractivity contribution >= 4 is 17.7 Å². The molecule has 3 rings (SSSR count). The highest BCUT2D eigenvalue weighted by atomic mass is 19.4. The van der Waals surface area contributed by atoms with Gasteiger partial charge in [0, 0.05) is 5.69 Å². The lowest BCUT2D eigenvalue weighted by Crippen LogP contribution is -2.14. The highest BCUT2D eigenvalue weighted by molar-refractivity contribution is 6.09. The first-order chi connectivity index (χ1) is 13.3. The Hall–Kier alpha value is -3.67. The van der Waals surface area contributed by atoms with Crippen molar-refractivity contribution < 1.29 is 32.2 Å². The summed E-state index contributed by atoms with van der Waals surface area (Å²) in [6.45, 7) is 0.0139. The van der Waals surface area contributed by atoms with E-state index in [0.717, 1.165) is 18.2 Å². The van der Waals surface area contributed by atoms with Crippen molar-refractivity contribution in [1.29, 1.82) is 5.26 Å². The van der Waals surface area contributed by atoms with Crippen LogP contribution in [0.15, 0.2) is 42.0 Å². The maximum absolute atomic E-state index is 12.8. The number of carbonyl (C=O) groups excluding carboxylic acids is 1. The van der Waals surface area contributed by atoms with Gasteiger partial charge in [0.1, 0.15) is 11.6 Å². The molecule has 2 aromatic rings. The predicted octanol–water partition coefficient (Wildman–Crippen LogP) is 3.99. The quantitative estimate of drug-likeness (QED) is 0.631. The van der Waals surface area contributed by atoms with E-state index in [0.29, 0.717) is 22.8 Å². The van der Waals surface area contributed by atoms with Crippen LogP contribution in [-0.4, -0.2) is 19.8 Å². The molecule has 0 aliphatic carbocycles. The summed E-state index contributed by atoms with van der Waals surface area (Å²) >= 11 is 0. The van der Waals surface area contributed by atoms with Gasteiger partial charge in [0.05, 0.1) is 12.7 Å². The first-order valence-electron chi connectivity index (χ1n) is 7.90. The molecule has 2 aromatic carbocycles. The van der Waals surface area contributed by atoms with Crippen LogP contribution in [0.2, 0.25) is 0 Å². The molecule has 0 saturated carbocycles. The highest BCUT2D eigenvalue weighted by Crippen LogP contribution is 2.42. The zero-order valence-corrected chi connectivity index (χ0v) is 14.5. The number of rotatable bonds is 4. The number of nitrogens with one attached hydrogen (secondary N) is 1. The van der Waals surface area contributed by atoms with Crippen LogP contribution in [0.25, 0.3) is 6.08 Å². The third-order valence-electron chi connectivity index (χ3n) is 3.80. The van der Waals surface area contributed by atoms with Gasteiger partial charge in [-0.2, -0.15) is 18.4 Å². The minimum Gasteiger partial charge on any atom is -0.493 e. The van der Waals surface area contributed by atoms with E-state index in [4.69, 9.17) is 14.2 Å². The molecule has 0 radical (unpaired) electrons. The molecule has 0 atom stereocenters. The molecule has 0 aromatic heterocycles. The fourth-order valence-corrected chi connectivity index (χ4v) is 2.52. The SMILES string of the molecule is COc1cc(/C=C(/C#N)C(=O)Nc2cccc(C(F)(F)F)c2)cc2c1OCO2. The normalized spacial score (nSPS) is 13.0. The van der Waals surface area contributed by atoms with Gasteiger partial charge in [0.15, 0.2) is 11.5 Å². The molecule has 144 valence electrons. The van der Waals surface area contributed by atoms with Crippen molar-refractivity contribution in [3.8, 4) is 23.3 Å². The number of hydrogen-bond acceptors (Lipinski definition) is 5. The lowest BCUT2D eigenvalue weighted by atomic mass is 10.1. The van der Waals surface area contributed by atoms with Crippen LogP contribution in [0.5, 0.6) is 17.2 Å². The summed E-state index contributed by atoms with van der Waals surface area (Å²) in [5.41, 5.74) is -0.868. The molecular formula is C19H13F3N2O4. The standard InChI is InChI=1S/C19H13F3N2O4/c1-26-15-6-11(7-16-17(15)28-10-27-16)5-12(9-23)18(25)24-14-4-2-3-13(8-14)19(20,21)22/h2-8H,10H2,1H3,(H,24,25)/b12-5-. The van der Waals surface area contributed by atoms with Crippen LogP contribution in [0.3, 0.4) is 0 Å². The summed E-state index contributed by atoms with van der Waals surface area (Å²) in [6.07, 6.45) is -3.27. The Morgan fingerprint density at radius 2 is 2.07 bits per heavy atom. The van der Waals surface area contributed by atoms with Crippen molar-refractivity contribution in [3.63, 3.8) is 0 Å². The molecule has 0 fully saturated rings. The topological polar surface area (TPSA) is 80.6 Å². The van der Waals surface area contributed by atoms with E-state index >= 15 is 0 Å². The van der Waals surface area contributed by atoms with Gasteiger partial charge in [0.25, 0.3) is 5.91 Å². The number of methoxy groups -OCH3 is 1. The third kappa shape index (κ3) is 4.01. The molecule has 9 heteroatoms. The van der Waals surface area contributed by atoms with Crippen molar-refractivity contribution in [2.45, 2.75) is 6.18 Å². The summed E-state index contributed by atoms with van der Waals surface area (Å²) < 4.78 is 54.1. The molecule has 0 spiro atoms. The lowest BCUT2D eigenvalue weighted by molar-refractivity contribution is -0.137. The number of amides is 1. The van der Waals surface area contributed by atoms with Crippen molar-refractivity contribution in [1.82, 2.24) is 0 Å². The number of benzene rings is 2. The number of nitriles is 1. The Bertz CT molecular complexity index is 994. The second kappa shape index (κ2) is 7.52. The molecule has 1 amide bonds. The fourth-order valence-electron chi connectivity index (χ4n) is 2.52. The van der Waals surface area contributed by atoms with E-state index in [-0.39, 0.29) is 18.1 Å². The fraction of sp³-hybridized carbons (Fsp3) is 0.158. The Morgan fingerprint density at radius 1 is 1.29 bits per heavy atom. The zero-order chi connectivity index (χ0) is 20.3. The minimum absolute atomic E-state index is 0.0139. The number of hydrogen-bond donors (Lipinski definition) is 1. The molecule has 6 nitrogen and oxygen atoms in total. The van der Waals surface area contributed by atoms with Crippen molar-refractivity contribution in [2.75, 3.05) is 19.2 Å². The number of halogens is 3. The Labute approximate surface area is 157 Å². The molecule has 1 N–H and O–H groups in total. The summed E-state index contributed by atoms with van der Waals surface area (Å²) in [5.74, 6) is 0.308. The first-order valence-corrected chi connectivity index (χ1v) is 7.90. The van der Waals surface area contributed by atoms with E-state index < -0.39 is 17.6 Å². The number of fused-ring (bicyclic) bond motifs is 1. The Morgan fingerprint density at radius 3 is 2.75 bits per heavy atom. The summed E-state index contributed by atoms with van der Waals surface area (Å²) in [6, 6.07) is 8.97. The van der Waals surface area contributed by atoms with Gasteiger partial charge < -0.3 is 19.5 Å². The summed E-state index contributed by atoms with van der Waals surface area (Å²) in [4.78, 5) is 12.3. The van der Waals surface area contributed by atoms with Crippen molar-refractivity contribution in [2.24, 2.45) is 0 Å². The van der Waals surface area contributed by atoms with E-state index in [1.165, 1.54) is 19.3 Å². The van der Waals surface area contributed by atoms with E-state index in [9.17, 15) is 23.2 Å². The monoisotopic (exact) mass is 390 g/mol. The predicted molar refractivity (Wildman–Crippen MR) is 92.8 cm³/mol. The van der Waals surface area contributed by atoms with Crippen LogP contribution in [-0.2, 0) is 11.0 Å². The molecule has 1 aliphatic rings. The first kappa shape index (κ1) is 19.1.